The van der Waals surface area contributed by atoms with Crippen molar-refractivity contribution in [2.75, 3.05) is 17.7 Å². The van der Waals surface area contributed by atoms with Gasteiger partial charge in [0.25, 0.3) is 0 Å². The van der Waals surface area contributed by atoms with Crippen molar-refractivity contribution in [3.8, 4) is 28.3 Å². The van der Waals surface area contributed by atoms with Crippen LogP contribution in [0.5, 0.6) is 0 Å². The van der Waals surface area contributed by atoms with Crippen LogP contribution in [-0.4, -0.2) is 54.8 Å². The molecule has 7 rings (SSSR count). The van der Waals surface area contributed by atoms with Gasteiger partial charge in [-0.3, -0.25) is 19.1 Å². The SMILES string of the molecule is Cc1ccc(-n2c(SCC(=O)Nc3ccccc3C(=O)OCC(=O)c3c(-c4ccccc4)[nH]c4ccccc34)nnc2-c2cccnc2)c(C)c1. The first-order chi connectivity index (χ1) is 24.9. The molecule has 0 spiro atoms. The summed E-state index contributed by atoms with van der Waals surface area (Å²) >= 11 is 1.22. The zero-order valence-corrected chi connectivity index (χ0v) is 28.6. The molecule has 1 amide bonds. The molecule has 252 valence electrons. The van der Waals surface area contributed by atoms with Gasteiger partial charge in [-0.25, -0.2) is 4.79 Å². The Bertz CT molecular complexity index is 2390. The van der Waals surface area contributed by atoms with E-state index in [1.807, 2.05) is 97.3 Å². The van der Waals surface area contributed by atoms with E-state index >= 15 is 0 Å². The fourth-order valence-corrected chi connectivity index (χ4v) is 6.68. The molecular weight excluding hydrogens is 661 g/mol. The van der Waals surface area contributed by atoms with Crippen LogP contribution in [0, 0.1) is 13.8 Å². The summed E-state index contributed by atoms with van der Waals surface area (Å²) in [5.74, 6) is -0.856. The largest absolute Gasteiger partial charge is 0.454 e. The van der Waals surface area contributed by atoms with Crippen LogP contribution in [0.25, 0.3) is 39.2 Å². The van der Waals surface area contributed by atoms with Gasteiger partial charge in [0, 0.05) is 28.9 Å². The van der Waals surface area contributed by atoms with Crippen LogP contribution < -0.4 is 5.32 Å². The summed E-state index contributed by atoms with van der Waals surface area (Å²) in [6, 6.07) is 33.4. The highest BCUT2D eigenvalue weighted by atomic mass is 32.2. The van der Waals surface area contributed by atoms with Gasteiger partial charge in [-0.15, -0.1) is 10.2 Å². The quantitative estimate of drug-likeness (QED) is 0.0796. The van der Waals surface area contributed by atoms with Crippen molar-refractivity contribution in [2.24, 2.45) is 0 Å². The first-order valence-corrected chi connectivity index (χ1v) is 17.2. The zero-order valence-electron chi connectivity index (χ0n) is 27.8. The zero-order chi connectivity index (χ0) is 35.3. The minimum atomic E-state index is -0.733. The van der Waals surface area contributed by atoms with Gasteiger partial charge < -0.3 is 15.0 Å². The third-order valence-electron chi connectivity index (χ3n) is 8.28. The van der Waals surface area contributed by atoms with E-state index in [2.05, 4.69) is 31.5 Å². The molecule has 3 aromatic heterocycles. The van der Waals surface area contributed by atoms with E-state index in [0.29, 0.717) is 22.2 Å². The predicted octanol–water partition coefficient (Wildman–Crippen LogP) is 7.86. The number of Topliss-reactive ketones (excluding diaryl/α,β-unsaturated/α-hetero) is 1. The number of esters is 1. The number of fused-ring (bicyclic) bond motifs is 1. The van der Waals surface area contributed by atoms with Gasteiger partial charge >= 0.3 is 5.97 Å². The van der Waals surface area contributed by atoms with E-state index in [4.69, 9.17) is 4.74 Å². The molecule has 0 atom stereocenters. The van der Waals surface area contributed by atoms with Crippen LogP contribution in [0.3, 0.4) is 0 Å². The number of rotatable bonds is 11. The van der Waals surface area contributed by atoms with E-state index < -0.39 is 12.6 Å². The number of aromatic nitrogens is 5. The molecular formula is C40H32N6O4S. The molecule has 0 fully saturated rings. The number of nitrogens with zero attached hydrogens (tertiary/aromatic N) is 4. The molecule has 0 saturated carbocycles. The van der Waals surface area contributed by atoms with Crippen LogP contribution in [0.2, 0.25) is 0 Å². The minimum Gasteiger partial charge on any atom is -0.454 e. The second-order valence-electron chi connectivity index (χ2n) is 11.8. The number of pyridine rings is 1. The standard InChI is InChI=1S/C40H32N6O4S/c1-25-18-19-33(26(2)21-25)46-38(28-13-10-20-41-22-28)44-45-40(46)51-24-35(48)42-32-17-9-7-15-30(32)39(49)50-23-34(47)36-29-14-6-8-16-31(29)43-37(36)27-11-4-3-5-12-27/h3-22,43H,23-24H2,1-2H3,(H,42,48). The maximum atomic E-state index is 13.6. The Kier molecular flexibility index (Phi) is 9.53. The highest BCUT2D eigenvalue weighted by molar-refractivity contribution is 7.99. The van der Waals surface area contributed by atoms with E-state index in [1.165, 1.54) is 11.8 Å². The fraction of sp³-hybridized carbons (Fsp3) is 0.100. The van der Waals surface area contributed by atoms with E-state index in [0.717, 1.165) is 38.8 Å². The third-order valence-corrected chi connectivity index (χ3v) is 9.21. The Labute approximate surface area is 297 Å². The molecule has 0 aliphatic heterocycles. The van der Waals surface area contributed by atoms with Gasteiger partial charge in [0.15, 0.2) is 17.6 Å². The number of aromatic amines is 1. The van der Waals surface area contributed by atoms with Gasteiger partial charge in [0.2, 0.25) is 11.7 Å². The summed E-state index contributed by atoms with van der Waals surface area (Å²) < 4.78 is 7.47. The molecule has 3 heterocycles. The number of hydrogen-bond acceptors (Lipinski definition) is 8. The van der Waals surface area contributed by atoms with Crippen LogP contribution in [0.4, 0.5) is 5.69 Å². The van der Waals surface area contributed by atoms with Gasteiger partial charge in [0.05, 0.1) is 33.9 Å². The Morgan fingerprint density at radius 1 is 0.843 bits per heavy atom. The van der Waals surface area contributed by atoms with Crippen molar-refractivity contribution in [3.63, 3.8) is 0 Å². The topological polar surface area (TPSA) is 132 Å². The average Bonchev–Trinajstić information content (AvgIpc) is 3.76. The van der Waals surface area contributed by atoms with Crippen molar-refractivity contribution < 1.29 is 19.1 Å². The molecule has 4 aromatic carbocycles. The van der Waals surface area contributed by atoms with Crippen molar-refractivity contribution in [1.29, 1.82) is 0 Å². The molecule has 0 unspecified atom stereocenters. The summed E-state index contributed by atoms with van der Waals surface area (Å²) in [6.07, 6.45) is 3.41. The lowest BCUT2D eigenvalue weighted by atomic mass is 10.0. The monoisotopic (exact) mass is 692 g/mol. The maximum absolute atomic E-state index is 13.6. The molecule has 51 heavy (non-hydrogen) atoms. The summed E-state index contributed by atoms with van der Waals surface area (Å²) in [5, 5.41) is 13.0. The first-order valence-electron chi connectivity index (χ1n) is 16.2. The number of amides is 1. The number of para-hydroxylation sites is 2. The maximum Gasteiger partial charge on any atom is 0.340 e. The van der Waals surface area contributed by atoms with Crippen molar-refractivity contribution in [2.45, 2.75) is 19.0 Å². The first kappa shape index (κ1) is 33.2. The average molecular weight is 693 g/mol. The van der Waals surface area contributed by atoms with Crippen molar-refractivity contribution >= 4 is 46.0 Å². The number of ketones is 1. The third kappa shape index (κ3) is 7.06. The minimum absolute atomic E-state index is 0.0131. The van der Waals surface area contributed by atoms with Gasteiger partial charge in [-0.1, -0.05) is 90.1 Å². The number of ether oxygens (including phenoxy) is 1. The Balaban J connectivity index is 1.06. The van der Waals surface area contributed by atoms with Gasteiger partial charge in [0.1, 0.15) is 0 Å². The van der Waals surface area contributed by atoms with Crippen LogP contribution in [0.1, 0.15) is 31.8 Å². The highest BCUT2D eigenvalue weighted by Gasteiger charge is 2.23. The van der Waals surface area contributed by atoms with Crippen LogP contribution >= 0.6 is 11.8 Å². The summed E-state index contributed by atoms with van der Waals surface area (Å²) in [4.78, 5) is 47.8. The molecule has 0 saturated heterocycles. The lowest BCUT2D eigenvalue weighted by molar-refractivity contribution is -0.113. The van der Waals surface area contributed by atoms with Crippen LogP contribution in [-0.2, 0) is 9.53 Å². The predicted molar refractivity (Wildman–Crippen MR) is 198 cm³/mol. The van der Waals surface area contributed by atoms with Crippen molar-refractivity contribution in [3.05, 3.63) is 144 Å². The molecule has 7 aromatic rings. The molecule has 0 bridgehead atoms. The molecule has 11 heteroatoms. The number of carbonyl (C=O) groups is 3. The molecule has 0 aliphatic carbocycles. The van der Waals surface area contributed by atoms with Crippen LogP contribution in [0.15, 0.2) is 127 Å². The number of H-pyrrole nitrogens is 1. The number of anilines is 1. The molecule has 0 radical (unpaired) electrons. The number of aryl methyl sites for hydroxylation is 2. The fourth-order valence-electron chi connectivity index (χ4n) is 5.94. The molecule has 10 nitrogen and oxygen atoms in total. The lowest BCUT2D eigenvalue weighted by Crippen LogP contribution is -2.19. The summed E-state index contributed by atoms with van der Waals surface area (Å²) in [7, 11) is 0. The lowest BCUT2D eigenvalue weighted by Gasteiger charge is -2.14. The van der Waals surface area contributed by atoms with Crippen molar-refractivity contribution in [1.82, 2.24) is 24.7 Å². The number of hydrogen-bond donors (Lipinski definition) is 2. The second-order valence-corrected chi connectivity index (χ2v) is 12.8. The smallest absolute Gasteiger partial charge is 0.340 e. The number of carbonyl (C=O) groups excluding carboxylic acids is 3. The second kappa shape index (κ2) is 14.7. The Morgan fingerprint density at radius 3 is 2.41 bits per heavy atom. The Hall–Kier alpha value is -6.33. The number of nitrogens with one attached hydrogen (secondary N) is 2. The summed E-state index contributed by atoms with van der Waals surface area (Å²) in [5.41, 5.74) is 6.97. The van der Waals surface area contributed by atoms with E-state index in [1.54, 1.807) is 36.7 Å². The van der Waals surface area contributed by atoms with Gasteiger partial charge in [-0.05, 0) is 61.4 Å². The van der Waals surface area contributed by atoms with E-state index in [-0.39, 0.29) is 28.7 Å². The number of thioether (sulfide) groups is 1. The molecule has 0 aliphatic rings. The Morgan fingerprint density at radius 2 is 1.61 bits per heavy atom. The number of benzene rings is 4. The highest BCUT2D eigenvalue weighted by Crippen LogP contribution is 2.32. The summed E-state index contributed by atoms with van der Waals surface area (Å²) in [6.45, 7) is 3.57. The van der Waals surface area contributed by atoms with E-state index in [9.17, 15) is 14.4 Å². The van der Waals surface area contributed by atoms with Gasteiger partial charge in [-0.2, -0.15) is 0 Å². The normalized spacial score (nSPS) is 11.0. The molecule has 2 N–H and O–H groups in total.